The number of rotatable bonds is 5. The zero-order valence-corrected chi connectivity index (χ0v) is 10.1. The molecular weight excluding hydrogens is 204 g/mol. The molecule has 0 aromatic carbocycles. The molecule has 0 saturated carbocycles. The number of aliphatic hydroxyl groups is 1. The molecule has 0 aliphatic carbocycles. The summed E-state index contributed by atoms with van der Waals surface area (Å²) in [4.78, 5) is 4.17. The molecule has 0 bridgehead atoms. The van der Waals surface area contributed by atoms with Gasteiger partial charge in [0.2, 0.25) is 5.88 Å². The summed E-state index contributed by atoms with van der Waals surface area (Å²) < 4.78 is 5.00. The summed E-state index contributed by atoms with van der Waals surface area (Å²) in [5, 5.41) is 10.0. The number of pyridine rings is 1. The van der Waals surface area contributed by atoms with E-state index in [4.69, 9.17) is 10.5 Å². The number of methoxy groups -OCH3 is 1. The fourth-order valence-corrected chi connectivity index (χ4v) is 1.60. The Morgan fingerprint density at radius 3 is 2.69 bits per heavy atom. The summed E-state index contributed by atoms with van der Waals surface area (Å²) in [6, 6.07) is 5.00. The Hall–Kier alpha value is -1.13. The molecule has 90 valence electrons. The zero-order chi connectivity index (χ0) is 12.1. The van der Waals surface area contributed by atoms with Gasteiger partial charge in [0.15, 0.2) is 0 Å². The van der Waals surface area contributed by atoms with Gasteiger partial charge in [-0.1, -0.05) is 19.9 Å². The molecular formula is C12H20N2O2. The number of aromatic nitrogens is 1. The number of ether oxygens (including phenoxy) is 1. The van der Waals surface area contributed by atoms with E-state index in [1.165, 1.54) is 0 Å². The lowest BCUT2D eigenvalue weighted by Crippen LogP contribution is -2.30. The van der Waals surface area contributed by atoms with Crippen LogP contribution >= 0.6 is 0 Å². The van der Waals surface area contributed by atoms with E-state index in [1.807, 2.05) is 0 Å². The molecule has 1 heterocycles. The lowest BCUT2D eigenvalue weighted by atomic mass is 9.98. The van der Waals surface area contributed by atoms with Gasteiger partial charge in [-0.15, -0.1) is 0 Å². The lowest BCUT2D eigenvalue weighted by Gasteiger charge is -2.20. The Balaban J connectivity index is 2.74. The smallest absolute Gasteiger partial charge is 0.213 e. The van der Waals surface area contributed by atoms with E-state index < -0.39 is 6.10 Å². The maximum absolute atomic E-state index is 10.0. The molecule has 4 nitrogen and oxygen atoms in total. The Morgan fingerprint density at radius 1 is 1.44 bits per heavy atom. The van der Waals surface area contributed by atoms with Gasteiger partial charge in [-0.05, 0) is 18.4 Å². The third-order valence-electron chi connectivity index (χ3n) is 2.41. The van der Waals surface area contributed by atoms with E-state index in [1.54, 1.807) is 25.3 Å². The molecule has 0 radical (unpaired) electrons. The number of hydrogen-bond donors (Lipinski definition) is 2. The van der Waals surface area contributed by atoms with Crippen LogP contribution in [0.4, 0.5) is 0 Å². The van der Waals surface area contributed by atoms with Gasteiger partial charge >= 0.3 is 0 Å². The van der Waals surface area contributed by atoms with Crippen LogP contribution in [0.3, 0.4) is 0 Å². The SMILES string of the molecule is COc1cccc(C(O)C(N)CC(C)C)n1. The standard InChI is InChI=1S/C12H20N2O2/c1-8(2)7-9(13)12(15)10-5-4-6-11(14-10)16-3/h4-6,8-9,12,15H,7,13H2,1-3H3. The highest BCUT2D eigenvalue weighted by molar-refractivity contribution is 5.18. The summed E-state index contributed by atoms with van der Waals surface area (Å²) in [5.41, 5.74) is 6.47. The molecule has 3 N–H and O–H groups in total. The predicted octanol–water partition coefficient (Wildman–Crippen LogP) is 1.50. The minimum Gasteiger partial charge on any atom is -0.481 e. The normalized spacial score (nSPS) is 14.9. The van der Waals surface area contributed by atoms with Gasteiger partial charge in [0.25, 0.3) is 0 Å². The molecule has 0 amide bonds. The Labute approximate surface area is 96.5 Å². The van der Waals surface area contributed by atoms with Crippen LogP contribution in [0.25, 0.3) is 0 Å². The van der Waals surface area contributed by atoms with Crippen LogP contribution in [0.1, 0.15) is 32.1 Å². The molecule has 0 aliphatic heterocycles. The lowest BCUT2D eigenvalue weighted by molar-refractivity contribution is 0.131. The molecule has 1 rings (SSSR count). The van der Waals surface area contributed by atoms with Crippen molar-refractivity contribution >= 4 is 0 Å². The molecule has 16 heavy (non-hydrogen) atoms. The van der Waals surface area contributed by atoms with Crippen molar-refractivity contribution in [3.05, 3.63) is 23.9 Å². The third kappa shape index (κ3) is 3.47. The predicted molar refractivity (Wildman–Crippen MR) is 63.2 cm³/mol. The largest absolute Gasteiger partial charge is 0.481 e. The number of hydrogen-bond acceptors (Lipinski definition) is 4. The second kappa shape index (κ2) is 5.82. The first-order valence-corrected chi connectivity index (χ1v) is 5.49. The Bertz CT molecular complexity index is 329. The molecule has 2 unspecified atom stereocenters. The molecule has 0 saturated heterocycles. The average molecular weight is 224 g/mol. The van der Waals surface area contributed by atoms with Gasteiger partial charge in [0.1, 0.15) is 6.10 Å². The highest BCUT2D eigenvalue weighted by Gasteiger charge is 2.19. The number of nitrogens with two attached hydrogens (primary N) is 1. The van der Waals surface area contributed by atoms with Gasteiger partial charge in [-0.25, -0.2) is 4.98 Å². The fourth-order valence-electron chi connectivity index (χ4n) is 1.60. The maximum atomic E-state index is 10.0. The first-order valence-electron chi connectivity index (χ1n) is 5.49. The van der Waals surface area contributed by atoms with Crippen LogP contribution in [-0.4, -0.2) is 23.2 Å². The van der Waals surface area contributed by atoms with Crippen molar-refractivity contribution in [1.82, 2.24) is 4.98 Å². The van der Waals surface area contributed by atoms with Gasteiger partial charge < -0.3 is 15.6 Å². The molecule has 2 atom stereocenters. The van der Waals surface area contributed by atoms with E-state index in [9.17, 15) is 5.11 Å². The van der Waals surface area contributed by atoms with Gasteiger partial charge in [-0.3, -0.25) is 0 Å². The molecule has 1 aromatic heterocycles. The monoisotopic (exact) mass is 224 g/mol. The number of nitrogens with zero attached hydrogens (tertiary/aromatic N) is 1. The van der Waals surface area contributed by atoms with Crippen LogP contribution in [0.5, 0.6) is 5.88 Å². The Kier molecular flexibility index (Phi) is 4.71. The van der Waals surface area contributed by atoms with E-state index in [0.29, 0.717) is 17.5 Å². The van der Waals surface area contributed by atoms with E-state index in [2.05, 4.69) is 18.8 Å². The van der Waals surface area contributed by atoms with Crippen molar-refractivity contribution in [2.45, 2.75) is 32.4 Å². The fraction of sp³-hybridized carbons (Fsp3) is 0.583. The maximum Gasteiger partial charge on any atom is 0.213 e. The molecule has 1 aromatic rings. The quantitative estimate of drug-likeness (QED) is 0.795. The van der Waals surface area contributed by atoms with E-state index >= 15 is 0 Å². The van der Waals surface area contributed by atoms with Crippen molar-refractivity contribution in [2.75, 3.05) is 7.11 Å². The first kappa shape index (κ1) is 12.9. The number of aliphatic hydroxyl groups excluding tert-OH is 1. The second-order valence-corrected chi connectivity index (χ2v) is 4.34. The first-order chi connectivity index (χ1) is 7.54. The Morgan fingerprint density at radius 2 is 2.12 bits per heavy atom. The van der Waals surface area contributed by atoms with Crippen LogP contribution < -0.4 is 10.5 Å². The minimum absolute atomic E-state index is 0.292. The minimum atomic E-state index is -0.738. The molecule has 4 heteroatoms. The van der Waals surface area contributed by atoms with Gasteiger partial charge in [0.05, 0.1) is 12.8 Å². The summed E-state index contributed by atoms with van der Waals surface area (Å²) in [6.45, 7) is 4.15. The molecule has 0 fully saturated rings. The van der Waals surface area contributed by atoms with Crippen molar-refractivity contribution in [3.63, 3.8) is 0 Å². The van der Waals surface area contributed by atoms with Gasteiger partial charge in [-0.2, -0.15) is 0 Å². The van der Waals surface area contributed by atoms with Crippen LogP contribution in [0.15, 0.2) is 18.2 Å². The summed E-state index contributed by atoms with van der Waals surface area (Å²) in [7, 11) is 1.55. The molecule has 0 aliphatic rings. The van der Waals surface area contributed by atoms with Crippen molar-refractivity contribution in [1.29, 1.82) is 0 Å². The summed E-state index contributed by atoms with van der Waals surface area (Å²) >= 11 is 0. The second-order valence-electron chi connectivity index (χ2n) is 4.34. The summed E-state index contributed by atoms with van der Waals surface area (Å²) in [5.74, 6) is 0.948. The van der Waals surface area contributed by atoms with E-state index in [-0.39, 0.29) is 6.04 Å². The zero-order valence-electron chi connectivity index (χ0n) is 10.1. The average Bonchev–Trinajstić information content (AvgIpc) is 2.27. The highest BCUT2D eigenvalue weighted by Crippen LogP contribution is 2.20. The van der Waals surface area contributed by atoms with Gasteiger partial charge in [0, 0.05) is 12.1 Å². The van der Waals surface area contributed by atoms with E-state index in [0.717, 1.165) is 6.42 Å². The van der Waals surface area contributed by atoms with Crippen LogP contribution in [-0.2, 0) is 0 Å². The molecule has 0 spiro atoms. The van der Waals surface area contributed by atoms with Crippen molar-refractivity contribution in [2.24, 2.45) is 11.7 Å². The van der Waals surface area contributed by atoms with Crippen LogP contribution in [0.2, 0.25) is 0 Å². The van der Waals surface area contributed by atoms with Crippen molar-refractivity contribution < 1.29 is 9.84 Å². The third-order valence-corrected chi connectivity index (χ3v) is 2.41. The summed E-state index contributed by atoms with van der Waals surface area (Å²) in [6.07, 6.45) is 0.0255. The topological polar surface area (TPSA) is 68.4 Å². The van der Waals surface area contributed by atoms with Crippen molar-refractivity contribution in [3.8, 4) is 5.88 Å². The highest BCUT2D eigenvalue weighted by atomic mass is 16.5. The van der Waals surface area contributed by atoms with Crippen LogP contribution in [0, 0.1) is 5.92 Å².